The Morgan fingerprint density at radius 2 is 1.28 bits per heavy atom. The van der Waals surface area contributed by atoms with Crippen molar-refractivity contribution < 1.29 is 9.47 Å². The van der Waals surface area contributed by atoms with Gasteiger partial charge in [0, 0.05) is 61.9 Å². The molecule has 1 heterocycles. The SMILES string of the molecule is CCN(CC)c1ccc2c(c1)Oc1ccc(N(CC)CC)cc1C2(OC)c1ccccc1. The highest BCUT2D eigenvalue weighted by atomic mass is 16.5. The molecule has 0 spiro atoms. The van der Waals surface area contributed by atoms with E-state index < -0.39 is 5.60 Å². The van der Waals surface area contributed by atoms with Gasteiger partial charge in [0.15, 0.2) is 5.60 Å². The van der Waals surface area contributed by atoms with Crippen LogP contribution in [0.5, 0.6) is 11.5 Å². The molecule has 0 aliphatic carbocycles. The van der Waals surface area contributed by atoms with E-state index in [1.807, 2.05) is 6.07 Å². The normalized spacial score (nSPS) is 16.7. The van der Waals surface area contributed by atoms with Gasteiger partial charge in [0.25, 0.3) is 0 Å². The summed E-state index contributed by atoms with van der Waals surface area (Å²) in [6.07, 6.45) is 0. The summed E-state index contributed by atoms with van der Waals surface area (Å²) in [6, 6.07) is 23.5. The quantitative estimate of drug-likeness (QED) is 0.411. The van der Waals surface area contributed by atoms with E-state index in [1.54, 1.807) is 7.11 Å². The first-order valence-electron chi connectivity index (χ1n) is 11.7. The van der Waals surface area contributed by atoms with Crippen molar-refractivity contribution in [2.45, 2.75) is 33.3 Å². The molecule has 1 atom stereocenters. The second-order valence-electron chi connectivity index (χ2n) is 8.06. The van der Waals surface area contributed by atoms with Crippen molar-refractivity contribution in [3.8, 4) is 11.5 Å². The molecule has 0 saturated heterocycles. The topological polar surface area (TPSA) is 24.9 Å². The average Bonchev–Trinajstić information content (AvgIpc) is 2.84. The second-order valence-corrected chi connectivity index (χ2v) is 8.06. The van der Waals surface area contributed by atoms with E-state index >= 15 is 0 Å². The fraction of sp³-hybridized carbons (Fsp3) is 0.357. The standard InChI is InChI=1S/C28H34N2O2/c1-6-29(7-2)22-16-18-26-25(19-22)28(31-5,21-13-11-10-12-14-21)24-17-15-23(20-27(24)32-26)30(8-3)9-4/h10-20H,6-9H2,1-5H3. The predicted molar refractivity (Wildman–Crippen MR) is 133 cm³/mol. The molecule has 1 aliphatic rings. The number of hydrogen-bond acceptors (Lipinski definition) is 4. The third-order valence-electron chi connectivity index (χ3n) is 6.65. The van der Waals surface area contributed by atoms with Gasteiger partial charge in [-0.3, -0.25) is 0 Å². The van der Waals surface area contributed by atoms with Crippen molar-refractivity contribution in [2.75, 3.05) is 43.1 Å². The van der Waals surface area contributed by atoms with Gasteiger partial charge >= 0.3 is 0 Å². The second kappa shape index (κ2) is 9.25. The minimum Gasteiger partial charge on any atom is -0.456 e. The summed E-state index contributed by atoms with van der Waals surface area (Å²) < 4.78 is 13.0. The Bertz CT molecular complexity index is 1060. The molecule has 3 aromatic rings. The number of nitrogens with zero attached hydrogens (tertiary/aromatic N) is 2. The Morgan fingerprint density at radius 3 is 1.88 bits per heavy atom. The van der Waals surface area contributed by atoms with Crippen LogP contribution < -0.4 is 14.5 Å². The summed E-state index contributed by atoms with van der Waals surface area (Å²) >= 11 is 0. The van der Waals surface area contributed by atoms with Gasteiger partial charge in [0.1, 0.15) is 11.5 Å². The molecule has 168 valence electrons. The molecule has 4 heteroatoms. The van der Waals surface area contributed by atoms with Crippen molar-refractivity contribution in [3.63, 3.8) is 0 Å². The van der Waals surface area contributed by atoms with E-state index in [2.05, 4.69) is 98.2 Å². The molecule has 1 aliphatic heterocycles. The van der Waals surface area contributed by atoms with Crippen LogP contribution in [-0.4, -0.2) is 33.3 Å². The largest absolute Gasteiger partial charge is 0.456 e. The predicted octanol–water partition coefficient (Wildman–Crippen LogP) is 6.42. The maximum absolute atomic E-state index is 6.51. The Morgan fingerprint density at radius 1 is 0.688 bits per heavy atom. The van der Waals surface area contributed by atoms with Gasteiger partial charge in [-0.25, -0.2) is 0 Å². The van der Waals surface area contributed by atoms with E-state index in [9.17, 15) is 0 Å². The van der Waals surface area contributed by atoms with E-state index in [-0.39, 0.29) is 0 Å². The van der Waals surface area contributed by atoms with Crippen molar-refractivity contribution in [2.24, 2.45) is 0 Å². The number of benzene rings is 3. The Labute approximate surface area is 192 Å². The molecule has 0 radical (unpaired) electrons. The maximum Gasteiger partial charge on any atom is 0.150 e. The lowest BCUT2D eigenvalue weighted by Crippen LogP contribution is -2.35. The van der Waals surface area contributed by atoms with Crippen molar-refractivity contribution in [1.82, 2.24) is 0 Å². The van der Waals surface area contributed by atoms with Crippen LogP contribution in [0.4, 0.5) is 11.4 Å². The summed E-state index contributed by atoms with van der Waals surface area (Å²) in [4.78, 5) is 4.68. The minimum atomic E-state index is -0.741. The first-order valence-corrected chi connectivity index (χ1v) is 11.7. The Kier molecular flexibility index (Phi) is 6.43. The number of fused-ring (bicyclic) bond motifs is 2. The van der Waals surface area contributed by atoms with E-state index in [0.717, 1.165) is 60.1 Å². The highest BCUT2D eigenvalue weighted by molar-refractivity contribution is 5.68. The molecule has 0 N–H and O–H groups in total. The fourth-order valence-electron chi connectivity index (χ4n) is 4.92. The molecule has 4 nitrogen and oxygen atoms in total. The molecule has 3 aromatic carbocycles. The summed E-state index contributed by atoms with van der Waals surface area (Å²) in [5.41, 5.74) is 4.77. The van der Waals surface area contributed by atoms with Crippen LogP contribution in [0, 0.1) is 0 Å². The molecule has 0 fully saturated rings. The molecular formula is C28H34N2O2. The van der Waals surface area contributed by atoms with Gasteiger partial charge in [-0.1, -0.05) is 30.3 Å². The van der Waals surface area contributed by atoms with Gasteiger partial charge in [0.05, 0.1) is 0 Å². The number of anilines is 2. The molecule has 0 amide bonds. The third kappa shape index (κ3) is 3.53. The molecule has 0 bridgehead atoms. The summed E-state index contributed by atoms with van der Waals surface area (Å²) in [7, 11) is 1.80. The fourth-order valence-corrected chi connectivity index (χ4v) is 4.92. The first kappa shape index (κ1) is 22.2. The van der Waals surface area contributed by atoms with Gasteiger partial charge in [-0.2, -0.15) is 0 Å². The van der Waals surface area contributed by atoms with E-state index in [1.165, 1.54) is 5.69 Å². The van der Waals surface area contributed by atoms with Crippen molar-refractivity contribution in [3.05, 3.63) is 83.4 Å². The lowest BCUT2D eigenvalue weighted by atomic mass is 9.77. The summed E-state index contributed by atoms with van der Waals surface area (Å²) in [5, 5.41) is 0. The molecule has 32 heavy (non-hydrogen) atoms. The van der Waals surface area contributed by atoms with Crippen molar-refractivity contribution >= 4 is 11.4 Å². The zero-order valence-electron chi connectivity index (χ0n) is 19.9. The lowest BCUT2D eigenvalue weighted by Gasteiger charge is -2.40. The molecule has 0 aromatic heterocycles. The van der Waals surface area contributed by atoms with Crippen LogP contribution in [0.2, 0.25) is 0 Å². The van der Waals surface area contributed by atoms with Gasteiger partial charge in [-0.05, 0) is 63.6 Å². The number of ether oxygens (including phenoxy) is 2. The summed E-state index contributed by atoms with van der Waals surface area (Å²) in [5.74, 6) is 1.69. The Hall–Kier alpha value is -2.98. The number of methoxy groups -OCH3 is 1. The van der Waals surface area contributed by atoms with Crippen LogP contribution in [0.3, 0.4) is 0 Å². The summed E-state index contributed by atoms with van der Waals surface area (Å²) in [6.45, 7) is 12.5. The smallest absolute Gasteiger partial charge is 0.150 e. The van der Waals surface area contributed by atoms with E-state index in [0.29, 0.717) is 0 Å². The Balaban J connectivity index is 1.97. The lowest BCUT2D eigenvalue weighted by molar-refractivity contribution is 0.0499. The minimum absolute atomic E-state index is 0.741. The molecule has 1 unspecified atom stereocenters. The number of rotatable bonds is 8. The molecular weight excluding hydrogens is 396 g/mol. The zero-order valence-corrected chi connectivity index (χ0v) is 19.9. The monoisotopic (exact) mass is 430 g/mol. The van der Waals surface area contributed by atoms with Crippen LogP contribution in [0.25, 0.3) is 0 Å². The van der Waals surface area contributed by atoms with E-state index in [4.69, 9.17) is 9.47 Å². The molecule has 0 saturated carbocycles. The van der Waals surface area contributed by atoms with Crippen LogP contribution in [0.1, 0.15) is 44.4 Å². The van der Waals surface area contributed by atoms with Gasteiger partial charge < -0.3 is 19.3 Å². The third-order valence-corrected chi connectivity index (χ3v) is 6.65. The number of hydrogen-bond donors (Lipinski definition) is 0. The van der Waals surface area contributed by atoms with Crippen molar-refractivity contribution in [1.29, 1.82) is 0 Å². The van der Waals surface area contributed by atoms with Crippen LogP contribution in [0.15, 0.2) is 66.7 Å². The molecule has 4 rings (SSSR count). The maximum atomic E-state index is 6.51. The van der Waals surface area contributed by atoms with Crippen LogP contribution in [-0.2, 0) is 10.3 Å². The highest BCUT2D eigenvalue weighted by Gasteiger charge is 2.44. The van der Waals surface area contributed by atoms with Gasteiger partial charge in [-0.15, -0.1) is 0 Å². The zero-order chi connectivity index (χ0) is 22.7. The highest BCUT2D eigenvalue weighted by Crippen LogP contribution is 2.53. The van der Waals surface area contributed by atoms with Crippen LogP contribution >= 0.6 is 0 Å². The first-order chi connectivity index (χ1) is 15.6. The van der Waals surface area contributed by atoms with Gasteiger partial charge in [0.2, 0.25) is 0 Å². The average molecular weight is 431 g/mol.